The summed E-state index contributed by atoms with van der Waals surface area (Å²) >= 11 is 6.18. The predicted octanol–water partition coefficient (Wildman–Crippen LogP) is 6.08. The number of imidazole rings is 1. The lowest BCUT2D eigenvalue weighted by Gasteiger charge is -2.20. The Balaban J connectivity index is 1.25. The van der Waals surface area contributed by atoms with Gasteiger partial charge in [-0.2, -0.15) is 25.5 Å². The van der Waals surface area contributed by atoms with Crippen molar-refractivity contribution in [2.75, 3.05) is 42.3 Å². The third kappa shape index (κ3) is 5.43. The minimum Gasteiger partial charge on any atom is -0.424 e. The second kappa shape index (κ2) is 12.2. The molecule has 46 heavy (non-hydrogen) atoms. The van der Waals surface area contributed by atoms with Crippen LogP contribution in [0.1, 0.15) is 17.5 Å². The molecule has 3 N–H and O–H groups in total. The summed E-state index contributed by atoms with van der Waals surface area (Å²) in [4.78, 5) is 20.4. The molecule has 0 bridgehead atoms. The normalized spacial score (nSPS) is 13.2. The monoisotopic (exact) mass is 628 g/mol. The van der Waals surface area contributed by atoms with Crippen molar-refractivity contribution in [1.29, 1.82) is 10.5 Å². The molecule has 0 amide bonds. The molecule has 1 aliphatic heterocycles. The summed E-state index contributed by atoms with van der Waals surface area (Å²) in [7, 11) is 0. The number of aromatic nitrogens is 5. The fourth-order valence-corrected chi connectivity index (χ4v) is 5.64. The molecule has 0 spiro atoms. The third-order valence-corrected chi connectivity index (χ3v) is 7.78. The number of rotatable bonds is 6. The van der Waals surface area contributed by atoms with Gasteiger partial charge in [-0.3, -0.25) is 4.40 Å². The first-order valence-corrected chi connectivity index (χ1v) is 14.8. The van der Waals surface area contributed by atoms with Crippen molar-refractivity contribution in [1.82, 2.24) is 24.3 Å². The Morgan fingerprint density at radius 2 is 1.72 bits per heavy atom. The van der Waals surface area contributed by atoms with E-state index >= 15 is 0 Å². The summed E-state index contributed by atoms with van der Waals surface area (Å²) < 4.78 is 13.4. The van der Waals surface area contributed by atoms with Crippen LogP contribution in [0.5, 0.6) is 11.8 Å². The second-order valence-corrected chi connectivity index (χ2v) is 10.9. The molecule has 1 fully saturated rings. The van der Waals surface area contributed by atoms with Crippen LogP contribution >= 0.6 is 11.6 Å². The van der Waals surface area contributed by atoms with Crippen molar-refractivity contribution < 1.29 is 9.47 Å². The molecule has 7 rings (SSSR count). The zero-order chi connectivity index (χ0) is 31.6. The average molecular weight is 629 g/mol. The molecule has 6 aromatic rings. The molecule has 0 radical (unpaired) electrons. The molecule has 0 saturated carbocycles. The SMILES string of the molecule is N#Cc1c(-c2ccc(Oc3nc(Nc4cccc(Cl)c4)nc(N4CCCOCC4)n3)cc2)c(C#N)c2nc3ccccc3n2c1N. The summed E-state index contributed by atoms with van der Waals surface area (Å²) in [5, 5.41) is 24.1. The third-order valence-electron chi connectivity index (χ3n) is 7.55. The molecular weight excluding hydrogens is 604 g/mol. The van der Waals surface area contributed by atoms with E-state index in [0.29, 0.717) is 70.0 Å². The Morgan fingerprint density at radius 1 is 0.891 bits per heavy atom. The van der Waals surface area contributed by atoms with E-state index in [2.05, 4.69) is 37.4 Å². The zero-order valence-corrected chi connectivity index (χ0v) is 25.1. The number of para-hydroxylation sites is 2. The molecule has 3 aromatic heterocycles. The molecule has 1 saturated heterocycles. The van der Waals surface area contributed by atoms with Gasteiger partial charge in [-0.05, 0) is 54.4 Å². The number of nitrogens with two attached hydrogens (primary N) is 1. The van der Waals surface area contributed by atoms with E-state index in [1.807, 2.05) is 41.3 Å². The van der Waals surface area contributed by atoms with Crippen molar-refractivity contribution in [3.8, 4) is 35.0 Å². The first-order valence-electron chi connectivity index (χ1n) is 14.4. The lowest BCUT2D eigenvalue weighted by atomic mass is 9.96. The van der Waals surface area contributed by atoms with Crippen molar-refractivity contribution in [3.63, 3.8) is 0 Å². The van der Waals surface area contributed by atoms with Crippen molar-refractivity contribution in [2.45, 2.75) is 6.42 Å². The number of benzene rings is 3. The highest BCUT2D eigenvalue weighted by Gasteiger charge is 2.23. The van der Waals surface area contributed by atoms with Crippen LogP contribution in [0.4, 0.5) is 23.4 Å². The van der Waals surface area contributed by atoms with E-state index in [9.17, 15) is 10.5 Å². The number of nitrogens with one attached hydrogen (secondary N) is 1. The maximum absolute atomic E-state index is 10.2. The Morgan fingerprint density at radius 3 is 2.52 bits per heavy atom. The van der Waals surface area contributed by atoms with Gasteiger partial charge in [-0.25, -0.2) is 4.98 Å². The molecule has 226 valence electrons. The van der Waals surface area contributed by atoms with Gasteiger partial charge in [0.05, 0.1) is 17.6 Å². The van der Waals surface area contributed by atoms with Gasteiger partial charge in [0, 0.05) is 36.0 Å². The van der Waals surface area contributed by atoms with Crippen molar-refractivity contribution in [3.05, 3.63) is 88.9 Å². The Labute approximate surface area is 268 Å². The second-order valence-electron chi connectivity index (χ2n) is 10.4. The van der Waals surface area contributed by atoms with E-state index in [1.54, 1.807) is 40.8 Å². The topological polar surface area (TPSA) is 163 Å². The van der Waals surface area contributed by atoms with Gasteiger partial charge < -0.3 is 25.4 Å². The van der Waals surface area contributed by atoms with Crippen LogP contribution in [0.2, 0.25) is 5.02 Å². The number of anilines is 4. The first-order chi connectivity index (χ1) is 22.5. The minimum atomic E-state index is 0.0811. The summed E-state index contributed by atoms with van der Waals surface area (Å²) in [6.07, 6.45) is 0.834. The van der Waals surface area contributed by atoms with Gasteiger partial charge in [-0.15, -0.1) is 0 Å². The highest BCUT2D eigenvalue weighted by atomic mass is 35.5. The molecule has 0 unspecified atom stereocenters. The number of fused-ring (bicyclic) bond motifs is 3. The van der Waals surface area contributed by atoms with E-state index in [4.69, 9.17) is 26.8 Å². The number of ether oxygens (including phenoxy) is 2. The zero-order valence-electron chi connectivity index (χ0n) is 24.3. The molecule has 0 atom stereocenters. The van der Waals surface area contributed by atoms with Crippen LogP contribution in [-0.2, 0) is 4.74 Å². The number of hydrogen-bond donors (Lipinski definition) is 2. The molecule has 4 heterocycles. The molecular formula is C33H25ClN10O2. The maximum atomic E-state index is 10.2. The average Bonchev–Trinajstić information content (AvgIpc) is 3.24. The van der Waals surface area contributed by atoms with E-state index in [1.165, 1.54) is 0 Å². The summed E-state index contributed by atoms with van der Waals surface area (Å²) in [6.45, 7) is 2.57. The number of nitrogens with zero attached hydrogens (tertiary/aromatic N) is 8. The largest absolute Gasteiger partial charge is 0.424 e. The van der Waals surface area contributed by atoms with Gasteiger partial charge in [0.1, 0.15) is 34.8 Å². The van der Waals surface area contributed by atoms with Crippen LogP contribution in [-0.4, -0.2) is 50.6 Å². The highest BCUT2D eigenvalue weighted by molar-refractivity contribution is 6.30. The van der Waals surface area contributed by atoms with E-state index < -0.39 is 0 Å². The van der Waals surface area contributed by atoms with Crippen LogP contribution in [0.3, 0.4) is 0 Å². The number of pyridine rings is 1. The summed E-state index contributed by atoms with van der Waals surface area (Å²) in [5.74, 6) is 1.38. The van der Waals surface area contributed by atoms with Crippen molar-refractivity contribution >= 4 is 51.7 Å². The maximum Gasteiger partial charge on any atom is 0.328 e. The van der Waals surface area contributed by atoms with Gasteiger partial charge >= 0.3 is 6.01 Å². The van der Waals surface area contributed by atoms with E-state index in [0.717, 1.165) is 13.0 Å². The van der Waals surface area contributed by atoms with Gasteiger partial charge in [0.2, 0.25) is 11.9 Å². The van der Waals surface area contributed by atoms with Crippen molar-refractivity contribution in [2.24, 2.45) is 0 Å². The fourth-order valence-electron chi connectivity index (χ4n) is 5.45. The highest BCUT2D eigenvalue weighted by Crippen LogP contribution is 2.37. The van der Waals surface area contributed by atoms with Crippen LogP contribution in [0, 0.1) is 22.7 Å². The predicted molar refractivity (Wildman–Crippen MR) is 174 cm³/mol. The Kier molecular flexibility index (Phi) is 7.64. The number of hydrogen-bond acceptors (Lipinski definition) is 11. The Bertz CT molecular complexity index is 2180. The number of nitriles is 2. The fraction of sp³-hybridized carbons (Fsp3) is 0.152. The van der Waals surface area contributed by atoms with Crippen LogP contribution in [0.15, 0.2) is 72.8 Å². The minimum absolute atomic E-state index is 0.0811. The standard InChI is InChI=1S/C33H25ClN10O2/c34-21-5-3-6-22(17-21)38-31-40-32(43-13-4-15-45-16-14-43)42-33(41-31)46-23-11-9-20(10-12-23)28-24(18-35)29(37)44-27-8-2-1-7-26(27)39-30(44)25(28)19-36/h1-3,5-12,17H,4,13-16,37H2,(H,38,40,41,42). The van der Waals surface area contributed by atoms with Crippen LogP contribution < -0.4 is 20.7 Å². The molecule has 1 aliphatic rings. The number of halogens is 1. The quantitative estimate of drug-likeness (QED) is 0.220. The molecule has 12 nitrogen and oxygen atoms in total. The lowest BCUT2D eigenvalue weighted by molar-refractivity contribution is 0.152. The lowest BCUT2D eigenvalue weighted by Crippen LogP contribution is -2.28. The summed E-state index contributed by atoms with van der Waals surface area (Å²) in [5.41, 5.74) is 10.4. The number of nitrogen functional groups attached to an aromatic ring is 1. The molecule has 0 aliphatic carbocycles. The van der Waals surface area contributed by atoms with Gasteiger partial charge in [-0.1, -0.05) is 41.9 Å². The summed E-state index contributed by atoms with van der Waals surface area (Å²) in [6, 6.07) is 26.1. The Hall–Kier alpha value is -5.95. The molecule has 3 aromatic carbocycles. The van der Waals surface area contributed by atoms with Gasteiger partial charge in [0.15, 0.2) is 5.65 Å². The van der Waals surface area contributed by atoms with Gasteiger partial charge in [0.25, 0.3) is 0 Å². The van der Waals surface area contributed by atoms with E-state index in [-0.39, 0.29) is 28.9 Å². The smallest absolute Gasteiger partial charge is 0.328 e. The van der Waals surface area contributed by atoms with Crippen LogP contribution in [0.25, 0.3) is 27.8 Å². The first kappa shape index (κ1) is 28.8. The molecule has 13 heteroatoms.